The monoisotopic (exact) mass is 309 g/mol. The molecule has 0 unspecified atom stereocenters. The number of aromatic carboxylic acids is 1. The molecule has 0 aliphatic rings. The molecule has 0 bridgehead atoms. The molecule has 0 saturated carbocycles. The van der Waals surface area contributed by atoms with E-state index in [4.69, 9.17) is 4.42 Å². The number of carbonyl (C=O) groups is 1. The van der Waals surface area contributed by atoms with Crippen LogP contribution in [-0.2, 0) is 6.54 Å². The molecule has 6 heteroatoms. The second-order valence-electron chi connectivity index (χ2n) is 5.06. The van der Waals surface area contributed by atoms with Gasteiger partial charge in [0.1, 0.15) is 11.4 Å². The summed E-state index contributed by atoms with van der Waals surface area (Å²) in [6.07, 6.45) is 2.83. The van der Waals surface area contributed by atoms with E-state index in [0.29, 0.717) is 23.9 Å². The van der Waals surface area contributed by atoms with E-state index in [9.17, 15) is 9.90 Å². The largest absolute Gasteiger partial charge is 0.477 e. The normalized spacial score (nSPS) is 10.5. The van der Waals surface area contributed by atoms with E-state index in [1.165, 1.54) is 12.5 Å². The van der Waals surface area contributed by atoms with Gasteiger partial charge in [0.15, 0.2) is 11.6 Å². The van der Waals surface area contributed by atoms with Gasteiger partial charge in [-0.3, -0.25) is 0 Å². The Morgan fingerprint density at radius 3 is 2.65 bits per heavy atom. The van der Waals surface area contributed by atoms with Crippen molar-refractivity contribution in [1.82, 2.24) is 9.97 Å². The molecule has 3 rings (SSSR count). The number of furan rings is 1. The van der Waals surface area contributed by atoms with E-state index in [1.807, 2.05) is 30.3 Å². The number of carboxylic acids is 1. The fraction of sp³-hybridized carbons (Fsp3) is 0.118. The molecule has 3 aromatic rings. The van der Waals surface area contributed by atoms with E-state index in [0.717, 1.165) is 5.56 Å². The Morgan fingerprint density at radius 2 is 2.00 bits per heavy atom. The molecule has 1 aromatic carbocycles. The van der Waals surface area contributed by atoms with Gasteiger partial charge < -0.3 is 14.4 Å². The van der Waals surface area contributed by atoms with Crippen LogP contribution in [0.5, 0.6) is 0 Å². The van der Waals surface area contributed by atoms with E-state index >= 15 is 0 Å². The van der Waals surface area contributed by atoms with Crippen LogP contribution in [0, 0.1) is 0 Å². The van der Waals surface area contributed by atoms with E-state index < -0.39 is 5.97 Å². The van der Waals surface area contributed by atoms with Crippen LogP contribution in [0.2, 0.25) is 0 Å². The zero-order valence-corrected chi connectivity index (χ0v) is 12.5. The summed E-state index contributed by atoms with van der Waals surface area (Å²) >= 11 is 0. The average molecular weight is 309 g/mol. The zero-order chi connectivity index (χ0) is 16.2. The number of hydrogen-bond acceptors (Lipinski definition) is 5. The van der Waals surface area contributed by atoms with E-state index in [-0.39, 0.29) is 5.56 Å². The molecule has 0 spiro atoms. The first-order valence-electron chi connectivity index (χ1n) is 7.04. The predicted octanol–water partition coefficient (Wildman–Crippen LogP) is 3.07. The molecule has 0 radical (unpaired) electrons. The molecule has 0 aliphatic carbocycles. The number of hydrogen-bond donors (Lipinski definition) is 1. The molecule has 6 nitrogen and oxygen atoms in total. The fourth-order valence-electron chi connectivity index (χ4n) is 2.27. The van der Waals surface area contributed by atoms with Gasteiger partial charge in [0, 0.05) is 19.8 Å². The topological polar surface area (TPSA) is 79.5 Å². The molecule has 2 aromatic heterocycles. The van der Waals surface area contributed by atoms with Crippen LogP contribution < -0.4 is 4.90 Å². The summed E-state index contributed by atoms with van der Waals surface area (Å²) in [6.45, 7) is 0.537. The lowest BCUT2D eigenvalue weighted by atomic mass is 10.2. The summed E-state index contributed by atoms with van der Waals surface area (Å²) in [7, 11) is 1.80. The Morgan fingerprint density at radius 1 is 1.22 bits per heavy atom. The molecule has 116 valence electrons. The molecule has 0 amide bonds. The van der Waals surface area contributed by atoms with Crippen molar-refractivity contribution in [3.8, 4) is 11.6 Å². The quantitative estimate of drug-likeness (QED) is 0.780. The van der Waals surface area contributed by atoms with Gasteiger partial charge in [0.05, 0.1) is 6.26 Å². The third-order valence-electron chi connectivity index (χ3n) is 3.36. The third-order valence-corrected chi connectivity index (χ3v) is 3.36. The second-order valence-corrected chi connectivity index (χ2v) is 5.06. The predicted molar refractivity (Wildman–Crippen MR) is 85.2 cm³/mol. The Labute approximate surface area is 133 Å². The molecule has 0 atom stereocenters. The molecular formula is C17H15N3O3. The van der Waals surface area contributed by atoms with Crippen molar-refractivity contribution < 1.29 is 14.3 Å². The zero-order valence-electron chi connectivity index (χ0n) is 12.5. The number of aromatic nitrogens is 2. The highest BCUT2D eigenvalue weighted by atomic mass is 16.4. The van der Waals surface area contributed by atoms with Gasteiger partial charge in [-0.25, -0.2) is 14.8 Å². The summed E-state index contributed by atoms with van der Waals surface area (Å²) in [4.78, 5) is 21.7. The van der Waals surface area contributed by atoms with Gasteiger partial charge in [-0.1, -0.05) is 30.3 Å². The fourth-order valence-corrected chi connectivity index (χ4v) is 2.27. The SMILES string of the molecule is CN(Cc1ccccc1)c1nc(-c2ccco2)ncc1C(=O)O. The lowest BCUT2D eigenvalue weighted by Gasteiger charge is -2.20. The smallest absolute Gasteiger partial charge is 0.341 e. The second kappa shape index (κ2) is 6.31. The van der Waals surface area contributed by atoms with Gasteiger partial charge in [-0.05, 0) is 17.7 Å². The molecule has 0 aliphatic heterocycles. The first-order chi connectivity index (χ1) is 11.1. The van der Waals surface area contributed by atoms with Crippen molar-refractivity contribution in [3.05, 3.63) is 66.1 Å². The lowest BCUT2D eigenvalue weighted by molar-refractivity contribution is 0.0696. The Bertz CT molecular complexity index is 801. The van der Waals surface area contributed by atoms with Crippen LogP contribution in [0.3, 0.4) is 0 Å². The van der Waals surface area contributed by atoms with Crippen molar-refractivity contribution in [2.75, 3.05) is 11.9 Å². The van der Waals surface area contributed by atoms with Gasteiger partial charge in [0.25, 0.3) is 0 Å². The number of carboxylic acid groups (broad SMARTS) is 1. The Balaban J connectivity index is 1.97. The molecule has 0 fully saturated rings. The van der Waals surface area contributed by atoms with Gasteiger partial charge >= 0.3 is 5.97 Å². The van der Waals surface area contributed by atoms with Crippen molar-refractivity contribution in [2.24, 2.45) is 0 Å². The maximum Gasteiger partial charge on any atom is 0.341 e. The van der Waals surface area contributed by atoms with E-state index in [1.54, 1.807) is 24.1 Å². The minimum atomic E-state index is -1.06. The van der Waals surface area contributed by atoms with E-state index in [2.05, 4.69) is 9.97 Å². The first kappa shape index (κ1) is 14.8. The van der Waals surface area contributed by atoms with Crippen LogP contribution in [0.15, 0.2) is 59.3 Å². The van der Waals surface area contributed by atoms with Gasteiger partial charge in [-0.15, -0.1) is 0 Å². The van der Waals surface area contributed by atoms with Crippen LogP contribution in [0.4, 0.5) is 5.82 Å². The molecular weight excluding hydrogens is 294 g/mol. The Hall–Kier alpha value is -3.15. The van der Waals surface area contributed by atoms with Gasteiger partial charge in [0.2, 0.25) is 0 Å². The highest BCUT2D eigenvalue weighted by Crippen LogP contribution is 2.23. The van der Waals surface area contributed by atoms with Crippen molar-refractivity contribution in [3.63, 3.8) is 0 Å². The van der Waals surface area contributed by atoms with Crippen molar-refractivity contribution in [1.29, 1.82) is 0 Å². The number of benzene rings is 1. The van der Waals surface area contributed by atoms with Crippen LogP contribution >= 0.6 is 0 Å². The average Bonchev–Trinajstić information content (AvgIpc) is 3.09. The minimum Gasteiger partial charge on any atom is -0.477 e. The summed E-state index contributed by atoms with van der Waals surface area (Å²) < 4.78 is 5.28. The van der Waals surface area contributed by atoms with Crippen molar-refractivity contribution in [2.45, 2.75) is 6.54 Å². The number of nitrogens with zero attached hydrogens (tertiary/aromatic N) is 3. The molecule has 23 heavy (non-hydrogen) atoms. The maximum absolute atomic E-state index is 11.4. The summed E-state index contributed by atoms with van der Waals surface area (Å²) in [6, 6.07) is 13.2. The highest BCUT2D eigenvalue weighted by Gasteiger charge is 2.18. The molecule has 2 heterocycles. The van der Waals surface area contributed by atoms with Crippen LogP contribution in [0.25, 0.3) is 11.6 Å². The van der Waals surface area contributed by atoms with Crippen LogP contribution in [-0.4, -0.2) is 28.1 Å². The number of rotatable bonds is 5. The summed E-state index contributed by atoms with van der Waals surface area (Å²) in [5.74, 6) is 0.139. The third kappa shape index (κ3) is 3.21. The highest BCUT2D eigenvalue weighted by molar-refractivity contribution is 5.93. The Kier molecular flexibility index (Phi) is 4.05. The standard InChI is InChI=1S/C17H15N3O3/c1-20(11-12-6-3-2-4-7-12)16-13(17(21)22)10-18-15(19-16)14-8-5-9-23-14/h2-10H,11H2,1H3,(H,21,22). The first-order valence-corrected chi connectivity index (χ1v) is 7.04. The van der Waals surface area contributed by atoms with Crippen LogP contribution in [0.1, 0.15) is 15.9 Å². The number of anilines is 1. The van der Waals surface area contributed by atoms with Crippen molar-refractivity contribution >= 4 is 11.8 Å². The molecule has 0 saturated heterocycles. The molecule has 1 N–H and O–H groups in total. The maximum atomic E-state index is 11.4. The summed E-state index contributed by atoms with van der Waals surface area (Å²) in [5.41, 5.74) is 1.11. The summed E-state index contributed by atoms with van der Waals surface area (Å²) in [5, 5.41) is 9.37. The minimum absolute atomic E-state index is 0.0544. The van der Waals surface area contributed by atoms with Gasteiger partial charge in [-0.2, -0.15) is 0 Å². The lowest BCUT2D eigenvalue weighted by Crippen LogP contribution is -2.21.